The first kappa shape index (κ1) is 25.3. The van der Waals surface area contributed by atoms with Crippen molar-refractivity contribution in [2.75, 3.05) is 19.6 Å². The van der Waals surface area contributed by atoms with Crippen molar-refractivity contribution < 1.29 is 40.2 Å². The van der Waals surface area contributed by atoms with Crippen molar-refractivity contribution in [3.05, 3.63) is 0 Å². The van der Waals surface area contributed by atoms with Gasteiger partial charge in [-0.2, -0.15) is 0 Å². The molecule has 30 heavy (non-hydrogen) atoms. The molecule has 0 aromatic heterocycles. The zero-order valence-electron chi connectivity index (χ0n) is 17.1. The maximum atomic E-state index is 11.5. The van der Waals surface area contributed by atoms with Gasteiger partial charge in [0.25, 0.3) is 0 Å². The molecule has 3 rings (SSSR count). The lowest BCUT2D eigenvalue weighted by molar-refractivity contribution is -0.288. The van der Waals surface area contributed by atoms with Crippen molar-refractivity contribution in [2.45, 2.75) is 86.6 Å². The van der Waals surface area contributed by atoms with Gasteiger partial charge in [0, 0.05) is 12.8 Å². The number of likely N-dealkylation sites (tertiary alicyclic amines) is 1. The minimum Gasteiger partial charge on any atom is -0.481 e. The van der Waals surface area contributed by atoms with Crippen molar-refractivity contribution in [3.8, 4) is 0 Å². The lowest BCUT2D eigenvalue weighted by atomic mass is 9.56. The Kier molecular flexibility index (Phi) is 7.48. The number of fused-ring (bicyclic) bond motifs is 1. The van der Waals surface area contributed by atoms with E-state index in [9.17, 15) is 40.2 Å². The van der Waals surface area contributed by atoms with Gasteiger partial charge in [-0.15, -0.1) is 12.4 Å². The molecule has 0 aromatic carbocycles. The van der Waals surface area contributed by atoms with Crippen molar-refractivity contribution in [1.82, 2.24) is 4.90 Å². The van der Waals surface area contributed by atoms with Crippen molar-refractivity contribution in [1.29, 1.82) is 0 Å². The van der Waals surface area contributed by atoms with Gasteiger partial charge in [-0.3, -0.25) is 9.59 Å². The Morgan fingerprint density at radius 2 is 1.40 bits per heavy atom. The predicted octanol–water partition coefficient (Wildman–Crippen LogP) is 0.362. The highest BCUT2D eigenvalue weighted by atomic mass is 35.5. The van der Waals surface area contributed by atoms with Gasteiger partial charge >= 0.3 is 11.9 Å². The average molecular weight is 452 g/mol. The number of aliphatic carboxylic acids is 2. The monoisotopic (exact) mass is 451 g/mol. The third-order valence-electron chi connectivity index (χ3n) is 7.53. The number of rotatable bonds is 7. The van der Waals surface area contributed by atoms with Crippen molar-refractivity contribution in [3.63, 3.8) is 0 Å². The number of nitrogens with zero attached hydrogens (tertiary/aromatic N) is 1. The molecule has 3 aliphatic rings. The standard InChI is InChI=1S/C20H33NO8.ClH/c22-15(23)10-18(27)12-17(26)6-4-14(5-9-21-7-2-1-3-8-21)20(17,29)13-19(18,28)11-16(24)25;/h14,26-29H,1-13H2,(H,22,23)(H,24,25);1H. The summed E-state index contributed by atoms with van der Waals surface area (Å²) >= 11 is 0. The quantitative estimate of drug-likeness (QED) is 0.321. The van der Waals surface area contributed by atoms with E-state index in [0.29, 0.717) is 12.8 Å². The fourth-order valence-electron chi connectivity index (χ4n) is 5.92. The van der Waals surface area contributed by atoms with Crippen LogP contribution < -0.4 is 0 Å². The van der Waals surface area contributed by atoms with E-state index < -0.39 is 60.0 Å². The molecular weight excluding hydrogens is 418 g/mol. The van der Waals surface area contributed by atoms with Crippen molar-refractivity contribution >= 4 is 24.3 Å². The highest BCUT2D eigenvalue weighted by molar-refractivity contribution is 5.85. The molecule has 3 fully saturated rings. The van der Waals surface area contributed by atoms with Gasteiger partial charge in [0.05, 0.1) is 24.0 Å². The molecule has 2 aliphatic carbocycles. The minimum atomic E-state index is -2.36. The second-order valence-corrected chi connectivity index (χ2v) is 9.44. The van der Waals surface area contributed by atoms with Crippen LogP contribution in [0.5, 0.6) is 0 Å². The van der Waals surface area contributed by atoms with E-state index in [1.165, 1.54) is 6.42 Å². The number of carboxylic acids is 2. The van der Waals surface area contributed by atoms with E-state index in [4.69, 9.17) is 0 Å². The second-order valence-electron chi connectivity index (χ2n) is 9.44. The van der Waals surface area contributed by atoms with E-state index in [0.717, 1.165) is 32.5 Å². The molecule has 1 aliphatic heterocycles. The maximum Gasteiger partial charge on any atom is 0.306 e. The Bertz CT molecular complexity index is 659. The molecule has 0 bridgehead atoms. The van der Waals surface area contributed by atoms with E-state index in [1.807, 2.05) is 0 Å². The van der Waals surface area contributed by atoms with E-state index >= 15 is 0 Å². The van der Waals surface area contributed by atoms with Crippen LogP contribution in [0.4, 0.5) is 0 Å². The summed E-state index contributed by atoms with van der Waals surface area (Å²) in [6.07, 6.45) is 1.70. The van der Waals surface area contributed by atoms with E-state index in [-0.39, 0.29) is 24.7 Å². The molecule has 0 radical (unpaired) electrons. The van der Waals surface area contributed by atoms with Gasteiger partial charge in [-0.1, -0.05) is 6.42 Å². The number of halogens is 1. The van der Waals surface area contributed by atoms with Crippen LogP contribution in [-0.4, -0.2) is 89.5 Å². The highest BCUT2D eigenvalue weighted by Crippen LogP contribution is 2.59. The number of carbonyl (C=O) groups is 2. The molecule has 6 N–H and O–H groups in total. The lowest BCUT2D eigenvalue weighted by Gasteiger charge is -2.57. The van der Waals surface area contributed by atoms with E-state index in [2.05, 4.69) is 4.90 Å². The third-order valence-corrected chi connectivity index (χ3v) is 7.53. The van der Waals surface area contributed by atoms with E-state index in [1.54, 1.807) is 0 Å². The van der Waals surface area contributed by atoms with Gasteiger partial charge in [-0.05, 0) is 57.7 Å². The van der Waals surface area contributed by atoms with Crippen LogP contribution in [0.25, 0.3) is 0 Å². The Hall–Kier alpha value is -0.970. The summed E-state index contributed by atoms with van der Waals surface area (Å²) in [6.45, 7) is 2.70. The van der Waals surface area contributed by atoms with Gasteiger partial charge in [0.1, 0.15) is 11.2 Å². The molecule has 5 unspecified atom stereocenters. The van der Waals surface area contributed by atoms with Gasteiger partial charge in [0.15, 0.2) is 0 Å². The normalized spacial score (nSPS) is 41.7. The minimum absolute atomic E-state index is 0. The Morgan fingerprint density at radius 1 is 0.867 bits per heavy atom. The summed E-state index contributed by atoms with van der Waals surface area (Å²) in [5, 5.41) is 63.2. The number of hydrogen-bond acceptors (Lipinski definition) is 7. The summed E-state index contributed by atoms with van der Waals surface area (Å²) < 4.78 is 0. The fraction of sp³-hybridized carbons (Fsp3) is 0.900. The summed E-state index contributed by atoms with van der Waals surface area (Å²) in [5.41, 5.74) is -8.25. The van der Waals surface area contributed by atoms with Crippen LogP contribution in [0.3, 0.4) is 0 Å². The third kappa shape index (κ3) is 4.47. The molecule has 0 amide bonds. The first-order valence-corrected chi connectivity index (χ1v) is 10.5. The highest BCUT2D eigenvalue weighted by Gasteiger charge is 2.71. The van der Waals surface area contributed by atoms with Crippen LogP contribution in [-0.2, 0) is 9.59 Å². The van der Waals surface area contributed by atoms with Crippen LogP contribution in [0.2, 0.25) is 0 Å². The summed E-state index contributed by atoms with van der Waals surface area (Å²) in [7, 11) is 0. The summed E-state index contributed by atoms with van der Waals surface area (Å²) in [4.78, 5) is 25.0. The van der Waals surface area contributed by atoms with Crippen LogP contribution in [0.15, 0.2) is 0 Å². The van der Waals surface area contributed by atoms with Crippen molar-refractivity contribution in [2.24, 2.45) is 5.92 Å². The lowest BCUT2D eigenvalue weighted by Crippen LogP contribution is -2.72. The number of hydrogen-bond donors (Lipinski definition) is 6. The number of aliphatic hydroxyl groups is 4. The number of carboxylic acid groups (broad SMARTS) is 2. The summed E-state index contributed by atoms with van der Waals surface area (Å²) in [6, 6.07) is 0. The Labute approximate surface area is 182 Å². The Morgan fingerprint density at radius 3 is 1.93 bits per heavy atom. The van der Waals surface area contributed by atoms with Gasteiger partial charge < -0.3 is 35.5 Å². The molecule has 0 spiro atoms. The molecule has 10 heteroatoms. The molecule has 5 atom stereocenters. The maximum absolute atomic E-state index is 11.5. The second kappa shape index (κ2) is 8.88. The predicted molar refractivity (Wildman–Crippen MR) is 108 cm³/mol. The smallest absolute Gasteiger partial charge is 0.306 e. The fourth-order valence-corrected chi connectivity index (χ4v) is 5.92. The molecular formula is C20H34ClNO8. The van der Waals surface area contributed by atoms with Crippen LogP contribution in [0.1, 0.15) is 64.2 Å². The molecule has 2 saturated carbocycles. The summed E-state index contributed by atoms with van der Waals surface area (Å²) in [5.74, 6) is -3.19. The first-order chi connectivity index (χ1) is 13.4. The van der Waals surface area contributed by atoms with Gasteiger partial charge in [0.2, 0.25) is 0 Å². The molecule has 9 nitrogen and oxygen atoms in total. The SMILES string of the molecule is Cl.O=C(O)CC1(O)CC2(O)CCC(CCN3CCCCC3)C2(O)CC1(O)CC(=O)O. The molecule has 1 heterocycles. The Balaban J connectivity index is 0.00000320. The average Bonchev–Trinajstić information content (AvgIpc) is 2.82. The molecule has 174 valence electrons. The largest absolute Gasteiger partial charge is 0.481 e. The molecule has 1 saturated heterocycles. The first-order valence-electron chi connectivity index (χ1n) is 10.5. The molecule has 0 aromatic rings. The zero-order valence-corrected chi connectivity index (χ0v) is 17.9. The van der Waals surface area contributed by atoms with Crippen LogP contribution in [0, 0.1) is 5.92 Å². The topological polar surface area (TPSA) is 159 Å². The van der Waals surface area contributed by atoms with Crippen LogP contribution >= 0.6 is 12.4 Å². The zero-order chi connectivity index (χ0) is 21.5. The van der Waals surface area contributed by atoms with Gasteiger partial charge in [-0.25, -0.2) is 0 Å². The number of piperidine rings is 1.